The molecule has 5 nitrogen and oxygen atoms in total. The minimum atomic E-state index is -0.0569. The first-order valence-corrected chi connectivity index (χ1v) is 12.0. The van der Waals surface area contributed by atoms with E-state index in [4.69, 9.17) is 16.3 Å². The summed E-state index contributed by atoms with van der Waals surface area (Å²) in [5.41, 5.74) is 0. The maximum absolute atomic E-state index is 12.9. The number of carbonyl (C=O) groups is 1. The second kappa shape index (κ2) is 9.88. The Morgan fingerprint density at radius 3 is 2.50 bits per heavy atom. The zero-order valence-corrected chi connectivity index (χ0v) is 19.1. The third-order valence-electron chi connectivity index (χ3n) is 7.63. The maximum atomic E-state index is 12.9. The van der Waals surface area contributed by atoms with E-state index in [0.29, 0.717) is 18.6 Å². The number of piperazine rings is 1. The van der Waals surface area contributed by atoms with Crippen molar-refractivity contribution in [3.8, 4) is 5.75 Å². The molecule has 0 spiro atoms. The molecule has 166 valence electrons. The second-order valence-corrected chi connectivity index (χ2v) is 9.93. The lowest BCUT2D eigenvalue weighted by Gasteiger charge is -2.38. The molecule has 6 heteroatoms. The van der Waals surface area contributed by atoms with Crippen LogP contribution < -0.4 is 10.1 Å². The third kappa shape index (κ3) is 5.30. The standard InChI is InChI=1S/C24H36ClN3O2/c1-17(23-16-19-3-4-20(23)15-19)26-24(29)18(2)28-11-9-27(10-12-28)13-14-30-22-7-5-21(25)6-8-22/h5-8,17-20,23H,3-4,9-16H2,1-2H3,(H,26,29)/t17-,18+,19-,20-,23+/m0/s1. The first-order chi connectivity index (χ1) is 14.5. The molecule has 1 heterocycles. The summed E-state index contributed by atoms with van der Waals surface area (Å²) in [7, 11) is 0. The first kappa shape index (κ1) is 21.9. The summed E-state index contributed by atoms with van der Waals surface area (Å²) in [6, 6.07) is 7.75. The summed E-state index contributed by atoms with van der Waals surface area (Å²) in [6.07, 6.45) is 5.49. The van der Waals surface area contributed by atoms with Gasteiger partial charge in [-0.1, -0.05) is 18.0 Å². The predicted molar refractivity (Wildman–Crippen MR) is 121 cm³/mol. The number of benzene rings is 1. The molecule has 30 heavy (non-hydrogen) atoms. The Morgan fingerprint density at radius 2 is 1.87 bits per heavy atom. The van der Waals surface area contributed by atoms with Gasteiger partial charge in [-0.2, -0.15) is 0 Å². The Bertz CT molecular complexity index is 705. The highest BCUT2D eigenvalue weighted by atomic mass is 35.5. The largest absolute Gasteiger partial charge is 0.492 e. The van der Waals surface area contributed by atoms with Crippen LogP contribution in [-0.2, 0) is 4.79 Å². The van der Waals surface area contributed by atoms with Gasteiger partial charge in [-0.05, 0) is 75.1 Å². The molecular weight excluding hydrogens is 398 g/mol. The van der Waals surface area contributed by atoms with Crippen molar-refractivity contribution in [1.82, 2.24) is 15.1 Å². The van der Waals surface area contributed by atoms with Crippen LogP contribution in [0.2, 0.25) is 5.02 Å². The highest BCUT2D eigenvalue weighted by Crippen LogP contribution is 2.49. The van der Waals surface area contributed by atoms with E-state index >= 15 is 0 Å². The van der Waals surface area contributed by atoms with Gasteiger partial charge in [-0.3, -0.25) is 14.6 Å². The second-order valence-electron chi connectivity index (χ2n) is 9.49. The lowest BCUT2D eigenvalue weighted by atomic mass is 9.84. The van der Waals surface area contributed by atoms with Crippen LogP contribution in [0.3, 0.4) is 0 Å². The molecule has 3 fully saturated rings. The highest BCUT2D eigenvalue weighted by molar-refractivity contribution is 6.30. The fraction of sp³-hybridized carbons (Fsp3) is 0.708. The van der Waals surface area contributed by atoms with E-state index < -0.39 is 0 Å². The number of amides is 1. The van der Waals surface area contributed by atoms with E-state index in [1.807, 2.05) is 24.3 Å². The molecule has 1 aliphatic heterocycles. The molecule has 0 radical (unpaired) electrons. The Balaban J connectivity index is 1.15. The number of hydrogen-bond acceptors (Lipinski definition) is 4. The van der Waals surface area contributed by atoms with Crippen LogP contribution in [0.15, 0.2) is 24.3 Å². The summed E-state index contributed by atoms with van der Waals surface area (Å²) >= 11 is 5.91. The molecule has 1 N–H and O–H groups in total. The Kier molecular flexibility index (Phi) is 7.22. The first-order valence-electron chi connectivity index (χ1n) is 11.6. The van der Waals surface area contributed by atoms with Gasteiger partial charge in [0.15, 0.2) is 0 Å². The van der Waals surface area contributed by atoms with Crippen LogP contribution in [0.25, 0.3) is 0 Å². The molecule has 0 aromatic heterocycles. The zero-order chi connectivity index (χ0) is 21.1. The molecule has 1 aromatic carbocycles. The maximum Gasteiger partial charge on any atom is 0.237 e. The number of hydrogen-bond donors (Lipinski definition) is 1. The molecule has 3 aliphatic rings. The number of ether oxygens (including phenoxy) is 1. The topological polar surface area (TPSA) is 44.8 Å². The lowest BCUT2D eigenvalue weighted by molar-refractivity contribution is -0.127. The van der Waals surface area contributed by atoms with Crippen LogP contribution in [0.4, 0.5) is 0 Å². The number of nitrogens with one attached hydrogen (secondary N) is 1. The van der Waals surface area contributed by atoms with Crippen molar-refractivity contribution in [3.63, 3.8) is 0 Å². The van der Waals surface area contributed by atoms with Gasteiger partial charge in [0, 0.05) is 43.8 Å². The SMILES string of the molecule is C[C@H](NC(=O)[C@@H](C)N1CCN(CCOc2ccc(Cl)cc2)CC1)[C@H]1C[C@H]2CC[C@H]1C2. The van der Waals surface area contributed by atoms with E-state index in [0.717, 1.165) is 55.3 Å². The van der Waals surface area contributed by atoms with E-state index in [-0.39, 0.29) is 11.9 Å². The highest BCUT2D eigenvalue weighted by Gasteiger charge is 2.42. The molecule has 1 amide bonds. The van der Waals surface area contributed by atoms with Gasteiger partial charge >= 0.3 is 0 Å². The van der Waals surface area contributed by atoms with Crippen LogP contribution in [0.5, 0.6) is 5.75 Å². The van der Waals surface area contributed by atoms with E-state index in [2.05, 4.69) is 29.0 Å². The Hall–Kier alpha value is -1.30. The molecule has 0 unspecified atom stereocenters. The number of carbonyl (C=O) groups excluding carboxylic acids is 1. The van der Waals surface area contributed by atoms with Gasteiger partial charge in [-0.25, -0.2) is 0 Å². The quantitative estimate of drug-likeness (QED) is 0.679. The summed E-state index contributed by atoms with van der Waals surface area (Å²) in [5.74, 6) is 3.52. The fourth-order valence-electron chi connectivity index (χ4n) is 5.72. The van der Waals surface area contributed by atoms with E-state index in [9.17, 15) is 4.79 Å². The summed E-state index contributed by atoms with van der Waals surface area (Å²) in [4.78, 5) is 17.6. The van der Waals surface area contributed by atoms with Crippen molar-refractivity contribution in [3.05, 3.63) is 29.3 Å². The zero-order valence-electron chi connectivity index (χ0n) is 18.4. The Morgan fingerprint density at radius 1 is 1.13 bits per heavy atom. The van der Waals surface area contributed by atoms with Gasteiger partial charge in [0.25, 0.3) is 0 Å². The van der Waals surface area contributed by atoms with Crippen LogP contribution >= 0.6 is 11.6 Å². The molecule has 2 aliphatic carbocycles. The fourth-order valence-corrected chi connectivity index (χ4v) is 5.85. The predicted octanol–water partition coefficient (Wildman–Crippen LogP) is 3.67. The van der Waals surface area contributed by atoms with Crippen molar-refractivity contribution in [2.45, 2.75) is 51.6 Å². The van der Waals surface area contributed by atoms with Gasteiger partial charge < -0.3 is 10.1 Å². The summed E-state index contributed by atoms with van der Waals surface area (Å²) in [6.45, 7) is 9.65. The van der Waals surface area contributed by atoms with Crippen molar-refractivity contribution in [2.75, 3.05) is 39.3 Å². The van der Waals surface area contributed by atoms with Gasteiger partial charge in [0.05, 0.1) is 6.04 Å². The van der Waals surface area contributed by atoms with Gasteiger partial charge in [0.1, 0.15) is 12.4 Å². The average molecular weight is 434 g/mol. The van der Waals surface area contributed by atoms with Crippen molar-refractivity contribution < 1.29 is 9.53 Å². The Labute approximate surface area is 186 Å². The van der Waals surface area contributed by atoms with Gasteiger partial charge in [-0.15, -0.1) is 0 Å². The van der Waals surface area contributed by atoms with Gasteiger partial charge in [0.2, 0.25) is 5.91 Å². The minimum Gasteiger partial charge on any atom is -0.492 e. The van der Waals surface area contributed by atoms with E-state index in [1.165, 1.54) is 25.7 Å². The van der Waals surface area contributed by atoms with Crippen molar-refractivity contribution in [2.24, 2.45) is 17.8 Å². The van der Waals surface area contributed by atoms with Crippen LogP contribution in [0, 0.1) is 17.8 Å². The van der Waals surface area contributed by atoms with Crippen molar-refractivity contribution in [1.29, 1.82) is 0 Å². The number of halogens is 1. The number of fused-ring (bicyclic) bond motifs is 2. The normalized spacial score (nSPS) is 29.0. The smallest absolute Gasteiger partial charge is 0.237 e. The molecule has 2 bridgehead atoms. The molecule has 1 aromatic rings. The number of rotatable bonds is 8. The average Bonchev–Trinajstić information content (AvgIpc) is 3.39. The molecule has 5 atom stereocenters. The monoisotopic (exact) mass is 433 g/mol. The molecule has 2 saturated carbocycles. The summed E-state index contributed by atoms with van der Waals surface area (Å²) < 4.78 is 5.81. The lowest BCUT2D eigenvalue weighted by Crippen LogP contribution is -2.55. The molecule has 4 rings (SSSR count). The summed E-state index contributed by atoms with van der Waals surface area (Å²) in [5, 5.41) is 4.07. The van der Waals surface area contributed by atoms with Crippen molar-refractivity contribution >= 4 is 17.5 Å². The molecule has 1 saturated heterocycles. The third-order valence-corrected chi connectivity index (χ3v) is 7.88. The minimum absolute atomic E-state index is 0.0569. The molecular formula is C24H36ClN3O2. The van der Waals surface area contributed by atoms with E-state index in [1.54, 1.807) is 0 Å². The van der Waals surface area contributed by atoms with Crippen LogP contribution in [0.1, 0.15) is 39.5 Å². The number of nitrogens with zero attached hydrogens (tertiary/aromatic N) is 2. The van der Waals surface area contributed by atoms with Crippen LogP contribution in [-0.4, -0.2) is 67.1 Å².